The van der Waals surface area contributed by atoms with E-state index in [1.807, 2.05) is 49.4 Å². The van der Waals surface area contributed by atoms with Crippen LogP contribution in [0.1, 0.15) is 10.6 Å². The summed E-state index contributed by atoms with van der Waals surface area (Å²) in [6.45, 7) is 1.99. The van der Waals surface area contributed by atoms with Crippen LogP contribution < -0.4 is 11.1 Å². The highest BCUT2D eigenvalue weighted by Crippen LogP contribution is 2.25. The number of fused-ring (bicyclic) bond motifs is 1. The van der Waals surface area contributed by atoms with Crippen molar-refractivity contribution in [2.75, 3.05) is 5.43 Å². The fraction of sp³-hybridized carbons (Fsp3) is 0.0476. The van der Waals surface area contributed by atoms with Crippen molar-refractivity contribution in [1.82, 2.24) is 4.98 Å². The molecule has 0 atom stereocenters. The first-order valence-electron chi connectivity index (χ1n) is 8.53. The largest absolute Gasteiger partial charge is 0.422 e. The third-order valence-corrected chi connectivity index (χ3v) is 5.47. The zero-order valence-corrected chi connectivity index (χ0v) is 17.5. The Labute approximate surface area is 178 Å². The summed E-state index contributed by atoms with van der Waals surface area (Å²) >= 11 is 4.65. The summed E-state index contributed by atoms with van der Waals surface area (Å²) in [5.74, 6) is 0. The van der Waals surface area contributed by atoms with E-state index in [0.29, 0.717) is 21.8 Å². The predicted octanol–water partition coefficient (Wildman–Crippen LogP) is 5.33. The van der Waals surface area contributed by atoms with E-state index in [9.17, 15) is 10.1 Å². The lowest BCUT2D eigenvalue weighted by Crippen LogP contribution is -2.04. The molecule has 1 N–H and O–H groups in total. The van der Waals surface area contributed by atoms with Gasteiger partial charge >= 0.3 is 5.63 Å². The van der Waals surface area contributed by atoms with E-state index in [1.54, 1.807) is 17.5 Å². The Morgan fingerprint density at radius 2 is 2.03 bits per heavy atom. The number of aryl methyl sites for hydroxylation is 1. The quantitative estimate of drug-likeness (QED) is 0.250. The van der Waals surface area contributed by atoms with Crippen molar-refractivity contribution < 1.29 is 4.42 Å². The molecule has 2 heterocycles. The van der Waals surface area contributed by atoms with Gasteiger partial charge in [-0.25, -0.2) is 9.78 Å². The molecule has 0 saturated carbocycles. The molecule has 4 rings (SSSR count). The zero-order chi connectivity index (χ0) is 20.4. The minimum Gasteiger partial charge on any atom is -0.422 e. The number of rotatable bonds is 4. The lowest BCUT2D eigenvalue weighted by molar-refractivity contribution is 0.563. The van der Waals surface area contributed by atoms with E-state index in [0.717, 1.165) is 21.1 Å². The topological polar surface area (TPSA) is 91.3 Å². The van der Waals surface area contributed by atoms with Crippen LogP contribution >= 0.6 is 27.3 Å². The minimum absolute atomic E-state index is 0.134. The third kappa shape index (κ3) is 4.11. The van der Waals surface area contributed by atoms with Crippen LogP contribution in [0.2, 0.25) is 0 Å². The van der Waals surface area contributed by atoms with Crippen molar-refractivity contribution >= 4 is 49.6 Å². The molecule has 0 spiro atoms. The number of hydrazone groups is 1. The van der Waals surface area contributed by atoms with Crippen LogP contribution in [0.15, 0.2) is 72.7 Å². The second-order valence-corrected chi connectivity index (χ2v) is 7.99. The summed E-state index contributed by atoms with van der Waals surface area (Å²) in [6, 6.07) is 16.8. The zero-order valence-electron chi connectivity index (χ0n) is 15.1. The number of benzene rings is 2. The van der Waals surface area contributed by atoms with Crippen molar-refractivity contribution in [2.24, 2.45) is 5.10 Å². The second-order valence-electron chi connectivity index (χ2n) is 6.22. The summed E-state index contributed by atoms with van der Waals surface area (Å²) in [5, 5.41) is 16.5. The molecule has 0 bridgehead atoms. The molecule has 4 aromatic rings. The Hall–Kier alpha value is -3.28. The van der Waals surface area contributed by atoms with Gasteiger partial charge in [0.1, 0.15) is 11.7 Å². The number of nitrogens with one attached hydrogen (secondary N) is 1. The number of halogens is 1. The first-order valence-corrected chi connectivity index (χ1v) is 10.2. The van der Waals surface area contributed by atoms with Gasteiger partial charge in [-0.05, 0) is 43.3 Å². The highest BCUT2D eigenvalue weighted by molar-refractivity contribution is 9.10. The van der Waals surface area contributed by atoms with Crippen LogP contribution in [0.5, 0.6) is 0 Å². The second kappa shape index (κ2) is 7.99. The number of anilines is 1. The molecule has 2 aromatic carbocycles. The van der Waals surface area contributed by atoms with Crippen LogP contribution in [-0.4, -0.2) is 10.7 Å². The molecule has 0 amide bonds. The number of nitrogens with zero attached hydrogens (tertiary/aromatic N) is 3. The smallest absolute Gasteiger partial charge is 0.345 e. The van der Waals surface area contributed by atoms with Gasteiger partial charge in [-0.2, -0.15) is 10.4 Å². The third-order valence-electron chi connectivity index (χ3n) is 4.13. The molecule has 29 heavy (non-hydrogen) atoms. The summed E-state index contributed by atoms with van der Waals surface area (Å²) in [7, 11) is 0. The van der Waals surface area contributed by atoms with Crippen molar-refractivity contribution in [3.8, 4) is 17.3 Å². The average Bonchev–Trinajstić information content (AvgIpc) is 3.19. The lowest BCUT2D eigenvalue weighted by atomic mass is 10.1. The Balaban J connectivity index is 1.66. The molecule has 0 aliphatic heterocycles. The van der Waals surface area contributed by atoms with E-state index in [1.165, 1.54) is 11.3 Å². The Morgan fingerprint density at radius 1 is 1.24 bits per heavy atom. The molecule has 2 aromatic heterocycles. The summed E-state index contributed by atoms with van der Waals surface area (Å²) in [5.41, 5.74) is 5.68. The first-order chi connectivity index (χ1) is 14.0. The summed E-state index contributed by atoms with van der Waals surface area (Å²) in [4.78, 5) is 16.8. The maximum Gasteiger partial charge on any atom is 0.345 e. The van der Waals surface area contributed by atoms with E-state index in [4.69, 9.17) is 4.42 Å². The molecule has 6 nitrogen and oxygen atoms in total. The number of hydrogen-bond donors (Lipinski definition) is 1. The Morgan fingerprint density at radius 3 is 2.79 bits per heavy atom. The van der Waals surface area contributed by atoms with Crippen molar-refractivity contribution in [3.05, 3.63) is 79.4 Å². The maximum absolute atomic E-state index is 12.4. The van der Waals surface area contributed by atoms with E-state index in [2.05, 4.69) is 31.4 Å². The van der Waals surface area contributed by atoms with Crippen LogP contribution in [-0.2, 0) is 0 Å². The van der Waals surface area contributed by atoms with E-state index in [-0.39, 0.29) is 5.71 Å². The van der Waals surface area contributed by atoms with E-state index < -0.39 is 5.63 Å². The van der Waals surface area contributed by atoms with Crippen LogP contribution in [0.3, 0.4) is 0 Å². The summed E-state index contributed by atoms with van der Waals surface area (Å²) < 4.78 is 6.27. The van der Waals surface area contributed by atoms with Crippen LogP contribution in [0.4, 0.5) is 5.69 Å². The van der Waals surface area contributed by atoms with Gasteiger partial charge in [0.15, 0.2) is 10.7 Å². The van der Waals surface area contributed by atoms with Crippen molar-refractivity contribution in [2.45, 2.75) is 6.92 Å². The number of hydrogen-bond acceptors (Lipinski definition) is 7. The lowest BCUT2D eigenvalue weighted by Gasteiger charge is -2.01. The molecule has 8 heteroatoms. The predicted molar refractivity (Wildman–Crippen MR) is 118 cm³/mol. The number of aromatic nitrogens is 1. The van der Waals surface area contributed by atoms with Gasteiger partial charge in [0, 0.05) is 15.2 Å². The maximum atomic E-state index is 12.4. The molecular weight excluding hydrogens is 452 g/mol. The molecule has 0 saturated heterocycles. The van der Waals surface area contributed by atoms with Gasteiger partial charge in [0.2, 0.25) is 0 Å². The van der Waals surface area contributed by atoms with Gasteiger partial charge in [0.25, 0.3) is 0 Å². The summed E-state index contributed by atoms with van der Waals surface area (Å²) in [6.07, 6.45) is 0. The molecule has 0 radical (unpaired) electrons. The van der Waals surface area contributed by atoms with Gasteiger partial charge in [-0.1, -0.05) is 33.6 Å². The first kappa shape index (κ1) is 19.1. The fourth-order valence-corrected chi connectivity index (χ4v) is 3.78. The average molecular weight is 465 g/mol. The Kier molecular flexibility index (Phi) is 5.25. The molecule has 0 unspecified atom stereocenters. The van der Waals surface area contributed by atoms with E-state index >= 15 is 0 Å². The van der Waals surface area contributed by atoms with Crippen molar-refractivity contribution in [3.63, 3.8) is 0 Å². The number of nitriles is 1. The molecular formula is C21H13BrN4O2S. The normalized spacial score (nSPS) is 11.4. The van der Waals surface area contributed by atoms with Crippen LogP contribution in [0.25, 0.3) is 22.2 Å². The fourth-order valence-electron chi connectivity index (χ4n) is 2.65. The van der Waals surface area contributed by atoms with Gasteiger partial charge in [-0.3, -0.25) is 5.43 Å². The van der Waals surface area contributed by atoms with Crippen molar-refractivity contribution in [1.29, 1.82) is 5.26 Å². The monoisotopic (exact) mass is 464 g/mol. The Bertz CT molecular complexity index is 1330. The van der Waals surface area contributed by atoms with Gasteiger partial charge < -0.3 is 4.42 Å². The molecule has 0 aliphatic carbocycles. The standard InChI is InChI=1S/C21H13BrN4O2S/c1-12-2-5-15(6-3-12)25-26-17(10-23)20-24-18(11-29-20)16-9-13-8-14(22)4-7-19(13)28-21(16)27/h2-9,11,25H,1H3/b26-17-. The highest BCUT2D eigenvalue weighted by Gasteiger charge is 2.15. The van der Waals surface area contributed by atoms with Gasteiger partial charge in [-0.15, -0.1) is 11.3 Å². The molecule has 142 valence electrons. The SMILES string of the molecule is Cc1ccc(N/N=C(/C#N)c2nc(-c3cc4cc(Br)ccc4oc3=O)cs2)cc1. The van der Waals surface area contributed by atoms with Gasteiger partial charge in [0.05, 0.1) is 16.9 Å². The highest BCUT2D eigenvalue weighted by atomic mass is 79.9. The minimum atomic E-state index is -0.482. The van der Waals surface area contributed by atoms with Crippen LogP contribution in [0, 0.1) is 18.3 Å². The number of thiazole rings is 1. The molecule has 0 fully saturated rings. The molecule has 0 aliphatic rings.